The molecule has 0 aliphatic heterocycles. The number of rotatable bonds is 4. The molecule has 2 N–H and O–H groups in total. The van der Waals surface area contributed by atoms with E-state index < -0.39 is 0 Å². The molecule has 0 bridgehead atoms. The van der Waals surface area contributed by atoms with Crippen molar-refractivity contribution in [2.75, 3.05) is 0 Å². The molecule has 2 saturated carbocycles. The molecule has 98 valence electrons. The van der Waals surface area contributed by atoms with E-state index in [9.17, 15) is 4.79 Å². The Morgan fingerprint density at radius 3 is 2.83 bits per heavy atom. The van der Waals surface area contributed by atoms with Gasteiger partial charge in [-0.1, -0.05) is 12.8 Å². The van der Waals surface area contributed by atoms with E-state index in [0.29, 0.717) is 18.5 Å². The monoisotopic (exact) mass is 265 g/mol. The van der Waals surface area contributed by atoms with Gasteiger partial charge in [0.1, 0.15) is 0 Å². The van der Waals surface area contributed by atoms with Crippen molar-refractivity contribution >= 4 is 17.4 Å². The van der Waals surface area contributed by atoms with Gasteiger partial charge in [0.25, 0.3) is 0 Å². The van der Waals surface area contributed by atoms with Crippen LogP contribution in [0.4, 0.5) is 4.79 Å². The maximum atomic E-state index is 11.7. The molecular formula is C13H19N3OS. The van der Waals surface area contributed by atoms with Crippen molar-refractivity contribution in [1.29, 1.82) is 0 Å². The summed E-state index contributed by atoms with van der Waals surface area (Å²) in [6.07, 6.45) is 7.28. The minimum Gasteiger partial charge on any atom is -0.335 e. The van der Waals surface area contributed by atoms with Gasteiger partial charge in [-0.15, -0.1) is 11.3 Å². The topological polar surface area (TPSA) is 54.0 Å². The molecular weight excluding hydrogens is 246 g/mol. The summed E-state index contributed by atoms with van der Waals surface area (Å²) in [5.74, 6) is 0.705. The number of amides is 2. The molecule has 0 saturated heterocycles. The fourth-order valence-electron chi connectivity index (χ4n) is 2.40. The van der Waals surface area contributed by atoms with Crippen molar-refractivity contribution in [3.05, 3.63) is 16.1 Å². The standard InChI is InChI=1S/C13H19N3OS/c17-13(16-10-3-1-2-4-10)14-7-11-8-18-12(15-11)9-5-6-9/h8-10H,1-7H2,(H2,14,16,17). The summed E-state index contributed by atoms with van der Waals surface area (Å²) in [5.41, 5.74) is 0.989. The van der Waals surface area contributed by atoms with E-state index in [1.54, 1.807) is 11.3 Å². The number of nitrogens with zero attached hydrogens (tertiary/aromatic N) is 1. The molecule has 1 aromatic heterocycles. The van der Waals surface area contributed by atoms with Crippen molar-refractivity contribution in [2.45, 2.75) is 57.0 Å². The van der Waals surface area contributed by atoms with Gasteiger partial charge in [0.2, 0.25) is 0 Å². The third kappa shape index (κ3) is 3.02. The van der Waals surface area contributed by atoms with E-state index >= 15 is 0 Å². The summed E-state index contributed by atoms with van der Waals surface area (Å²) in [6.45, 7) is 0.543. The Bertz CT molecular complexity index is 422. The molecule has 0 aromatic carbocycles. The molecule has 0 atom stereocenters. The number of carbonyl (C=O) groups is 1. The molecule has 2 aliphatic carbocycles. The van der Waals surface area contributed by atoms with Gasteiger partial charge >= 0.3 is 6.03 Å². The summed E-state index contributed by atoms with van der Waals surface area (Å²) in [5, 5.41) is 9.21. The maximum absolute atomic E-state index is 11.7. The lowest BCUT2D eigenvalue weighted by atomic mass is 10.2. The largest absolute Gasteiger partial charge is 0.335 e. The second kappa shape index (κ2) is 5.26. The van der Waals surface area contributed by atoms with Crippen LogP contribution in [-0.2, 0) is 6.54 Å². The third-order valence-electron chi connectivity index (χ3n) is 3.62. The first-order valence-electron chi connectivity index (χ1n) is 6.80. The zero-order valence-electron chi connectivity index (χ0n) is 10.4. The van der Waals surface area contributed by atoms with Crippen molar-refractivity contribution in [3.8, 4) is 0 Å². The van der Waals surface area contributed by atoms with Gasteiger partial charge in [-0.2, -0.15) is 0 Å². The second-order valence-electron chi connectivity index (χ2n) is 5.26. The highest BCUT2D eigenvalue weighted by Crippen LogP contribution is 2.41. The van der Waals surface area contributed by atoms with E-state index in [-0.39, 0.29) is 6.03 Å². The Balaban J connectivity index is 1.43. The van der Waals surface area contributed by atoms with Crippen LogP contribution in [0.3, 0.4) is 0 Å². The van der Waals surface area contributed by atoms with Gasteiger partial charge in [0, 0.05) is 17.3 Å². The van der Waals surface area contributed by atoms with Gasteiger partial charge in [-0.05, 0) is 25.7 Å². The molecule has 0 radical (unpaired) electrons. The van der Waals surface area contributed by atoms with Crippen LogP contribution in [0, 0.1) is 0 Å². The molecule has 18 heavy (non-hydrogen) atoms. The number of aromatic nitrogens is 1. The summed E-state index contributed by atoms with van der Waals surface area (Å²) in [4.78, 5) is 16.2. The van der Waals surface area contributed by atoms with Crippen LogP contribution < -0.4 is 10.6 Å². The van der Waals surface area contributed by atoms with Crippen LogP contribution >= 0.6 is 11.3 Å². The van der Waals surface area contributed by atoms with Gasteiger partial charge in [0.15, 0.2) is 0 Å². The lowest BCUT2D eigenvalue weighted by molar-refractivity contribution is 0.236. The maximum Gasteiger partial charge on any atom is 0.315 e. The van der Waals surface area contributed by atoms with Crippen LogP contribution in [0.25, 0.3) is 0 Å². The first kappa shape index (κ1) is 12.0. The molecule has 2 amide bonds. The highest BCUT2D eigenvalue weighted by Gasteiger charge is 2.26. The van der Waals surface area contributed by atoms with E-state index in [0.717, 1.165) is 18.5 Å². The Morgan fingerprint density at radius 2 is 2.11 bits per heavy atom. The van der Waals surface area contributed by atoms with Crippen LogP contribution in [0.1, 0.15) is 55.1 Å². The number of hydrogen-bond donors (Lipinski definition) is 2. The highest BCUT2D eigenvalue weighted by atomic mass is 32.1. The highest BCUT2D eigenvalue weighted by molar-refractivity contribution is 7.09. The molecule has 5 heteroatoms. The van der Waals surface area contributed by atoms with Crippen LogP contribution in [0.2, 0.25) is 0 Å². The zero-order valence-corrected chi connectivity index (χ0v) is 11.3. The quantitative estimate of drug-likeness (QED) is 0.879. The predicted molar refractivity (Wildman–Crippen MR) is 71.7 cm³/mol. The Morgan fingerprint density at radius 1 is 1.33 bits per heavy atom. The van der Waals surface area contributed by atoms with E-state index in [2.05, 4.69) is 21.0 Å². The minimum atomic E-state index is -0.0529. The average Bonchev–Trinajstić information content (AvgIpc) is 2.90. The van der Waals surface area contributed by atoms with E-state index in [4.69, 9.17) is 0 Å². The second-order valence-corrected chi connectivity index (χ2v) is 6.15. The average molecular weight is 265 g/mol. The zero-order chi connectivity index (χ0) is 12.4. The summed E-state index contributed by atoms with van der Waals surface area (Å²) in [6, 6.07) is 0.324. The van der Waals surface area contributed by atoms with Crippen LogP contribution in [0.5, 0.6) is 0 Å². The lowest BCUT2D eigenvalue weighted by Crippen LogP contribution is -2.40. The smallest absolute Gasteiger partial charge is 0.315 e. The SMILES string of the molecule is O=C(NCc1csc(C2CC2)n1)NC1CCCC1. The molecule has 2 aliphatic rings. The molecule has 0 unspecified atom stereocenters. The van der Waals surface area contributed by atoms with Gasteiger partial charge < -0.3 is 10.6 Å². The summed E-state index contributed by atoms with van der Waals surface area (Å²) >= 11 is 1.72. The molecule has 0 spiro atoms. The van der Waals surface area contributed by atoms with E-state index in [1.807, 2.05) is 0 Å². The Hall–Kier alpha value is -1.10. The number of hydrogen-bond acceptors (Lipinski definition) is 3. The molecule has 1 aromatic rings. The molecule has 1 heterocycles. The third-order valence-corrected chi connectivity index (χ3v) is 4.67. The number of thiazole rings is 1. The van der Waals surface area contributed by atoms with Gasteiger partial charge in [-0.25, -0.2) is 9.78 Å². The number of urea groups is 1. The van der Waals surface area contributed by atoms with Gasteiger partial charge in [-0.3, -0.25) is 0 Å². The number of carbonyl (C=O) groups excluding carboxylic acids is 1. The first-order valence-corrected chi connectivity index (χ1v) is 7.68. The Kier molecular flexibility index (Phi) is 3.50. The van der Waals surface area contributed by atoms with Crippen molar-refractivity contribution < 1.29 is 4.79 Å². The van der Waals surface area contributed by atoms with Crippen molar-refractivity contribution in [1.82, 2.24) is 15.6 Å². The van der Waals surface area contributed by atoms with Crippen LogP contribution in [0.15, 0.2) is 5.38 Å². The van der Waals surface area contributed by atoms with Gasteiger partial charge in [0.05, 0.1) is 17.2 Å². The summed E-state index contributed by atoms with van der Waals surface area (Å²) in [7, 11) is 0. The Labute approximate surface area is 111 Å². The predicted octanol–water partition coefficient (Wildman–Crippen LogP) is 2.76. The molecule has 2 fully saturated rings. The van der Waals surface area contributed by atoms with Crippen molar-refractivity contribution in [2.24, 2.45) is 0 Å². The molecule has 4 nitrogen and oxygen atoms in total. The first-order chi connectivity index (χ1) is 8.81. The number of nitrogens with one attached hydrogen (secondary N) is 2. The fourth-order valence-corrected chi connectivity index (χ4v) is 3.39. The lowest BCUT2D eigenvalue weighted by Gasteiger charge is -2.12. The fraction of sp³-hybridized carbons (Fsp3) is 0.692. The van der Waals surface area contributed by atoms with E-state index in [1.165, 1.54) is 30.7 Å². The molecule has 3 rings (SSSR count). The minimum absolute atomic E-state index is 0.0529. The normalized spacial score (nSPS) is 20.0. The van der Waals surface area contributed by atoms with Crippen LogP contribution in [-0.4, -0.2) is 17.1 Å². The van der Waals surface area contributed by atoms with Crippen molar-refractivity contribution in [3.63, 3.8) is 0 Å². The summed E-state index contributed by atoms with van der Waals surface area (Å²) < 4.78 is 0.